The highest BCUT2D eigenvalue weighted by atomic mass is 16.6. The summed E-state index contributed by atoms with van der Waals surface area (Å²) in [5.41, 5.74) is 0.580. The van der Waals surface area contributed by atoms with Crippen LogP contribution in [0, 0.1) is 0 Å². The topological polar surface area (TPSA) is 73.9 Å². The number of ether oxygens (including phenoxy) is 2. The van der Waals surface area contributed by atoms with Crippen molar-refractivity contribution in [2.24, 2.45) is 5.90 Å². The van der Waals surface area contributed by atoms with Crippen molar-refractivity contribution in [3.8, 4) is 17.2 Å². The zero-order valence-corrected chi connectivity index (χ0v) is 7.53. The summed E-state index contributed by atoms with van der Waals surface area (Å²) < 4.78 is 10.6. The number of benzene rings is 1. The minimum absolute atomic E-state index is 0.0349. The van der Waals surface area contributed by atoms with Crippen LogP contribution in [0.15, 0.2) is 12.1 Å². The van der Waals surface area contributed by atoms with Gasteiger partial charge in [0.15, 0.2) is 11.5 Å². The molecule has 1 aromatic carbocycles. The minimum Gasteiger partial charge on any atom is -0.504 e. The number of fused-ring (bicyclic) bond motifs is 1. The number of phenolic OH excluding ortho intramolecular Hbond substituents is 1. The molecule has 1 aromatic rings. The Labute approximate surface area is 80.9 Å². The molecule has 0 saturated carbocycles. The molecule has 0 radical (unpaired) electrons. The maximum absolute atomic E-state index is 9.73. The Morgan fingerprint density at radius 3 is 2.93 bits per heavy atom. The third-order valence-corrected chi connectivity index (χ3v) is 2.01. The standard InChI is InChI=1S/C9H11NO4/c10-14-5-6-1-2-7-9(8(6)11)13-4-3-12-7/h1-2,11H,3-5,10H2. The predicted molar refractivity (Wildman–Crippen MR) is 48.1 cm³/mol. The summed E-state index contributed by atoms with van der Waals surface area (Å²) in [5, 5.41) is 9.73. The van der Waals surface area contributed by atoms with Crippen molar-refractivity contribution in [2.75, 3.05) is 13.2 Å². The van der Waals surface area contributed by atoms with E-state index in [1.54, 1.807) is 12.1 Å². The molecule has 3 N–H and O–H groups in total. The van der Waals surface area contributed by atoms with E-state index in [1.165, 1.54) is 0 Å². The third kappa shape index (κ3) is 1.47. The summed E-state index contributed by atoms with van der Waals surface area (Å²) in [6.07, 6.45) is 0. The van der Waals surface area contributed by atoms with E-state index in [0.29, 0.717) is 30.3 Å². The fourth-order valence-electron chi connectivity index (χ4n) is 1.35. The van der Waals surface area contributed by atoms with Crippen molar-refractivity contribution in [3.63, 3.8) is 0 Å². The monoisotopic (exact) mass is 197 g/mol. The fourth-order valence-corrected chi connectivity index (χ4v) is 1.35. The number of rotatable bonds is 2. The van der Waals surface area contributed by atoms with Crippen LogP contribution in [-0.4, -0.2) is 18.3 Å². The predicted octanol–water partition coefficient (Wildman–Crippen LogP) is 0.554. The highest BCUT2D eigenvalue weighted by Crippen LogP contribution is 2.40. The lowest BCUT2D eigenvalue weighted by Crippen LogP contribution is -2.15. The van der Waals surface area contributed by atoms with Gasteiger partial charge in [0.25, 0.3) is 0 Å². The van der Waals surface area contributed by atoms with Gasteiger partial charge in [-0.3, -0.25) is 4.84 Å². The Hall–Kier alpha value is -1.46. The van der Waals surface area contributed by atoms with E-state index in [4.69, 9.17) is 15.4 Å². The van der Waals surface area contributed by atoms with Gasteiger partial charge in [0.2, 0.25) is 5.75 Å². The molecule has 2 rings (SSSR count). The lowest BCUT2D eigenvalue weighted by atomic mass is 10.2. The van der Waals surface area contributed by atoms with Gasteiger partial charge >= 0.3 is 0 Å². The van der Waals surface area contributed by atoms with E-state index in [9.17, 15) is 5.11 Å². The Bertz CT molecular complexity index is 340. The average molecular weight is 197 g/mol. The van der Waals surface area contributed by atoms with Crippen molar-refractivity contribution in [2.45, 2.75) is 6.61 Å². The van der Waals surface area contributed by atoms with Crippen LogP contribution in [0.5, 0.6) is 17.2 Å². The molecule has 0 unspecified atom stereocenters. The third-order valence-electron chi connectivity index (χ3n) is 2.01. The Balaban J connectivity index is 2.38. The Kier molecular flexibility index (Phi) is 2.43. The van der Waals surface area contributed by atoms with Gasteiger partial charge in [-0.05, 0) is 12.1 Å². The molecule has 0 fully saturated rings. The van der Waals surface area contributed by atoms with Crippen molar-refractivity contribution in [3.05, 3.63) is 17.7 Å². The zero-order valence-electron chi connectivity index (χ0n) is 7.53. The number of hydrogen-bond donors (Lipinski definition) is 2. The maximum atomic E-state index is 9.73. The van der Waals surface area contributed by atoms with E-state index < -0.39 is 0 Å². The Morgan fingerprint density at radius 1 is 1.36 bits per heavy atom. The molecule has 0 spiro atoms. The summed E-state index contributed by atoms with van der Waals surface area (Å²) in [5.74, 6) is 5.87. The Morgan fingerprint density at radius 2 is 2.14 bits per heavy atom. The van der Waals surface area contributed by atoms with Crippen molar-refractivity contribution in [1.82, 2.24) is 0 Å². The summed E-state index contributed by atoms with van der Waals surface area (Å²) in [6, 6.07) is 3.41. The molecule has 1 aliphatic heterocycles. The van der Waals surface area contributed by atoms with E-state index >= 15 is 0 Å². The first-order valence-electron chi connectivity index (χ1n) is 4.25. The first-order chi connectivity index (χ1) is 6.83. The zero-order chi connectivity index (χ0) is 9.97. The lowest BCUT2D eigenvalue weighted by Gasteiger charge is -2.20. The molecule has 14 heavy (non-hydrogen) atoms. The van der Waals surface area contributed by atoms with Crippen LogP contribution < -0.4 is 15.4 Å². The van der Waals surface area contributed by atoms with Gasteiger partial charge in [-0.1, -0.05) is 0 Å². The van der Waals surface area contributed by atoms with Gasteiger partial charge in [-0.15, -0.1) is 0 Å². The van der Waals surface area contributed by atoms with E-state index in [0.717, 1.165) is 0 Å². The smallest absolute Gasteiger partial charge is 0.203 e. The second-order valence-electron chi connectivity index (χ2n) is 2.91. The molecule has 0 aromatic heterocycles. The number of hydrogen-bond acceptors (Lipinski definition) is 5. The van der Waals surface area contributed by atoms with Crippen LogP contribution in [0.3, 0.4) is 0 Å². The van der Waals surface area contributed by atoms with E-state index in [-0.39, 0.29) is 12.4 Å². The van der Waals surface area contributed by atoms with Crippen LogP contribution in [0.4, 0.5) is 0 Å². The molecule has 1 aliphatic rings. The van der Waals surface area contributed by atoms with Gasteiger partial charge in [0, 0.05) is 5.56 Å². The molecule has 76 valence electrons. The maximum Gasteiger partial charge on any atom is 0.203 e. The molecule has 5 nitrogen and oxygen atoms in total. The quantitative estimate of drug-likeness (QED) is 0.677. The van der Waals surface area contributed by atoms with Gasteiger partial charge in [-0.25, -0.2) is 5.90 Å². The average Bonchev–Trinajstić information content (AvgIpc) is 2.23. The first-order valence-corrected chi connectivity index (χ1v) is 4.25. The summed E-state index contributed by atoms with van der Waals surface area (Å²) in [7, 11) is 0. The molecule has 0 saturated heterocycles. The van der Waals surface area contributed by atoms with Crippen LogP contribution >= 0.6 is 0 Å². The molecule has 5 heteroatoms. The van der Waals surface area contributed by atoms with Crippen molar-refractivity contribution < 1.29 is 19.4 Å². The number of phenols is 1. The highest BCUT2D eigenvalue weighted by Gasteiger charge is 2.18. The van der Waals surface area contributed by atoms with Crippen LogP contribution in [0.25, 0.3) is 0 Å². The van der Waals surface area contributed by atoms with E-state index in [1.807, 2.05) is 0 Å². The minimum atomic E-state index is 0.0349. The van der Waals surface area contributed by atoms with E-state index in [2.05, 4.69) is 4.84 Å². The number of nitrogens with two attached hydrogens (primary N) is 1. The van der Waals surface area contributed by atoms with Crippen LogP contribution in [0.1, 0.15) is 5.56 Å². The SMILES string of the molecule is NOCc1ccc2c(c1O)OCCO2. The van der Waals surface area contributed by atoms with Gasteiger partial charge in [-0.2, -0.15) is 0 Å². The molecule has 0 aliphatic carbocycles. The van der Waals surface area contributed by atoms with Crippen LogP contribution in [-0.2, 0) is 11.4 Å². The van der Waals surface area contributed by atoms with Crippen molar-refractivity contribution >= 4 is 0 Å². The molecular weight excluding hydrogens is 186 g/mol. The summed E-state index contributed by atoms with van der Waals surface area (Å²) >= 11 is 0. The number of aromatic hydroxyl groups is 1. The molecule has 0 bridgehead atoms. The lowest BCUT2D eigenvalue weighted by molar-refractivity contribution is 0.120. The molecule has 1 heterocycles. The second-order valence-corrected chi connectivity index (χ2v) is 2.91. The first kappa shape index (κ1) is 9.11. The highest BCUT2D eigenvalue weighted by molar-refractivity contribution is 5.55. The molecule has 0 amide bonds. The second kappa shape index (κ2) is 3.73. The van der Waals surface area contributed by atoms with Crippen molar-refractivity contribution in [1.29, 1.82) is 0 Å². The molecular formula is C9H11NO4. The van der Waals surface area contributed by atoms with Crippen LogP contribution in [0.2, 0.25) is 0 Å². The van der Waals surface area contributed by atoms with Gasteiger partial charge in [0.1, 0.15) is 13.2 Å². The fraction of sp³-hybridized carbons (Fsp3) is 0.333. The molecule has 0 atom stereocenters. The van der Waals surface area contributed by atoms with Gasteiger partial charge < -0.3 is 14.6 Å². The largest absolute Gasteiger partial charge is 0.504 e. The van der Waals surface area contributed by atoms with Gasteiger partial charge in [0.05, 0.1) is 6.61 Å². The summed E-state index contributed by atoms with van der Waals surface area (Å²) in [4.78, 5) is 4.44. The normalized spacial score (nSPS) is 14.1. The summed E-state index contributed by atoms with van der Waals surface area (Å²) in [6.45, 7) is 1.08.